The molecule has 0 amide bonds. The predicted molar refractivity (Wildman–Crippen MR) is 81.9 cm³/mol. The van der Waals surface area contributed by atoms with E-state index >= 15 is 0 Å². The van der Waals surface area contributed by atoms with Crippen LogP contribution in [0.2, 0.25) is 5.02 Å². The van der Waals surface area contributed by atoms with E-state index in [1.54, 1.807) is 11.8 Å². The average Bonchev–Trinajstić information content (AvgIpc) is 2.40. The molecule has 0 aromatic heterocycles. The van der Waals surface area contributed by atoms with Crippen molar-refractivity contribution < 1.29 is 4.74 Å². The van der Waals surface area contributed by atoms with Gasteiger partial charge in [-0.2, -0.15) is 0 Å². The van der Waals surface area contributed by atoms with Crippen LogP contribution in [0.25, 0.3) is 0 Å². The second kappa shape index (κ2) is 6.75. The van der Waals surface area contributed by atoms with Gasteiger partial charge in [0.1, 0.15) is 0 Å². The van der Waals surface area contributed by atoms with Gasteiger partial charge in [-0.15, -0.1) is 11.8 Å². The van der Waals surface area contributed by atoms with Crippen LogP contribution in [-0.4, -0.2) is 42.4 Å². The van der Waals surface area contributed by atoms with Gasteiger partial charge in [-0.25, -0.2) is 0 Å². The number of hydrogen-bond donors (Lipinski definition) is 0. The number of morpholine rings is 1. The molecule has 0 spiro atoms. The highest BCUT2D eigenvalue weighted by atomic mass is 35.5. The number of thioether (sulfide) groups is 1. The molecule has 1 aliphatic heterocycles. The van der Waals surface area contributed by atoms with Crippen LogP contribution < -0.4 is 0 Å². The highest BCUT2D eigenvalue weighted by Gasteiger charge is 2.14. The standard InChI is InChI=1S/C13H16ClNOS2/c1-18-12-3-2-10(8-11(12)14)9-13(17)15-4-6-16-7-5-15/h2-3,8H,4-7,9H2,1H3. The summed E-state index contributed by atoms with van der Waals surface area (Å²) in [5, 5.41) is 0.810. The van der Waals surface area contributed by atoms with Crippen molar-refractivity contribution in [1.29, 1.82) is 0 Å². The maximum atomic E-state index is 6.20. The summed E-state index contributed by atoms with van der Waals surface area (Å²) in [6, 6.07) is 6.18. The fraction of sp³-hybridized carbons (Fsp3) is 0.462. The first-order chi connectivity index (χ1) is 8.70. The fourth-order valence-corrected chi connectivity index (χ4v) is 3.16. The molecule has 0 bridgehead atoms. The highest BCUT2D eigenvalue weighted by molar-refractivity contribution is 7.98. The first-order valence-corrected chi connectivity index (χ1v) is 7.89. The number of thiocarbonyl (C=S) groups is 1. The van der Waals surface area contributed by atoms with E-state index in [9.17, 15) is 0 Å². The van der Waals surface area contributed by atoms with Crippen LogP contribution in [-0.2, 0) is 11.2 Å². The van der Waals surface area contributed by atoms with Crippen molar-refractivity contribution in [3.8, 4) is 0 Å². The lowest BCUT2D eigenvalue weighted by atomic mass is 10.1. The van der Waals surface area contributed by atoms with Gasteiger partial charge in [-0.05, 0) is 24.0 Å². The summed E-state index contributed by atoms with van der Waals surface area (Å²) < 4.78 is 5.32. The summed E-state index contributed by atoms with van der Waals surface area (Å²) in [4.78, 5) is 4.30. The van der Waals surface area contributed by atoms with E-state index in [1.807, 2.05) is 12.3 Å². The van der Waals surface area contributed by atoms with Gasteiger partial charge in [-0.1, -0.05) is 29.9 Å². The number of rotatable bonds is 3. The Balaban J connectivity index is 2.00. The molecule has 0 radical (unpaired) electrons. The Kier molecular flexibility index (Phi) is 5.30. The molecule has 1 aromatic rings. The molecule has 0 atom stereocenters. The number of benzene rings is 1. The van der Waals surface area contributed by atoms with Crippen molar-refractivity contribution >= 4 is 40.6 Å². The lowest BCUT2D eigenvalue weighted by molar-refractivity contribution is 0.0684. The van der Waals surface area contributed by atoms with Gasteiger partial charge >= 0.3 is 0 Å². The Morgan fingerprint density at radius 3 is 2.78 bits per heavy atom. The second-order valence-corrected chi connectivity index (χ2v) is 5.87. The van der Waals surface area contributed by atoms with Crippen molar-refractivity contribution in [1.82, 2.24) is 4.90 Å². The Morgan fingerprint density at radius 1 is 1.44 bits per heavy atom. The molecule has 0 aliphatic carbocycles. The first kappa shape index (κ1) is 14.1. The van der Waals surface area contributed by atoms with Crippen LogP contribution in [0, 0.1) is 0 Å². The first-order valence-electron chi connectivity index (χ1n) is 5.88. The summed E-state index contributed by atoms with van der Waals surface area (Å²) in [5.74, 6) is 0. The van der Waals surface area contributed by atoms with E-state index in [4.69, 9.17) is 28.6 Å². The summed E-state index contributed by atoms with van der Waals surface area (Å²) >= 11 is 13.3. The van der Waals surface area contributed by atoms with Crippen molar-refractivity contribution in [2.75, 3.05) is 32.6 Å². The molecule has 98 valence electrons. The van der Waals surface area contributed by atoms with Crippen molar-refractivity contribution in [2.24, 2.45) is 0 Å². The number of nitrogens with zero attached hydrogens (tertiary/aromatic N) is 1. The van der Waals surface area contributed by atoms with Gasteiger partial charge < -0.3 is 9.64 Å². The fourth-order valence-electron chi connectivity index (χ4n) is 1.92. The summed E-state index contributed by atoms with van der Waals surface area (Å²) in [6.07, 6.45) is 2.81. The van der Waals surface area contributed by atoms with Gasteiger partial charge in [0.05, 0.1) is 23.2 Å². The SMILES string of the molecule is CSc1ccc(CC(=S)N2CCOCC2)cc1Cl. The molecule has 1 heterocycles. The minimum atomic E-state index is 0.770. The highest BCUT2D eigenvalue weighted by Crippen LogP contribution is 2.26. The average molecular weight is 302 g/mol. The molecular weight excluding hydrogens is 286 g/mol. The summed E-state index contributed by atoms with van der Waals surface area (Å²) in [5.41, 5.74) is 1.18. The maximum Gasteiger partial charge on any atom is 0.0825 e. The molecule has 5 heteroatoms. The van der Waals surface area contributed by atoms with E-state index in [0.29, 0.717) is 0 Å². The monoisotopic (exact) mass is 301 g/mol. The van der Waals surface area contributed by atoms with Crippen LogP contribution in [0.1, 0.15) is 5.56 Å². The van der Waals surface area contributed by atoms with Crippen LogP contribution in [0.15, 0.2) is 23.1 Å². The third kappa shape index (κ3) is 3.60. The quantitative estimate of drug-likeness (QED) is 0.627. The molecular formula is C13H16ClNOS2. The zero-order chi connectivity index (χ0) is 13.0. The van der Waals surface area contributed by atoms with E-state index in [2.05, 4.69) is 17.0 Å². The number of halogens is 1. The van der Waals surface area contributed by atoms with Gasteiger partial charge in [0.25, 0.3) is 0 Å². The van der Waals surface area contributed by atoms with Crippen LogP contribution in [0.5, 0.6) is 0 Å². The molecule has 0 unspecified atom stereocenters. The van der Waals surface area contributed by atoms with Crippen LogP contribution in [0.4, 0.5) is 0 Å². The van der Waals surface area contributed by atoms with Crippen LogP contribution in [0.3, 0.4) is 0 Å². The van der Waals surface area contributed by atoms with E-state index in [-0.39, 0.29) is 0 Å². The zero-order valence-corrected chi connectivity index (χ0v) is 12.7. The van der Waals surface area contributed by atoms with Crippen molar-refractivity contribution in [3.05, 3.63) is 28.8 Å². The lowest BCUT2D eigenvalue weighted by Gasteiger charge is -2.29. The third-order valence-corrected chi connectivity index (χ3v) is 4.56. The molecule has 1 aliphatic rings. The third-order valence-electron chi connectivity index (χ3n) is 2.94. The van der Waals surface area contributed by atoms with Gasteiger partial charge in [-0.3, -0.25) is 0 Å². The second-order valence-electron chi connectivity index (χ2n) is 4.14. The minimum absolute atomic E-state index is 0.770. The molecule has 0 N–H and O–H groups in total. The molecule has 1 saturated heterocycles. The van der Waals surface area contributed by atoms with Crippen LogP contribution >= 0.6 is 35.6 Å². The molecule has 0 saturated carbocycles. The lowest BCUT2D eigenvalue weighted by Crippen LogP contribution is -2.40. The summed E-state index contributed by atoms with van der Waals surface area (Å²) in [7, 11) is 0. The Hall–Kier alpha value is -0.290. The predicted octanol–water partition coefficient (Wildman–Crippen LogP) is 3.26. The smallest absolute Gasteiger partial charge is 0.0825 e. The Morgan fingerprint density at radius 2 is 2.17 bits per heavy atom. The van der Waals surface area contributed by atoms with Gasteiger partial charge in [0.2, 0.25) is 0 Å². The minimum Gasteiger partial charge on any atom is -0.378 e. The molecule has 2 nitrogen and oxygen atoms in total. The molecule has 2 rings (SSSR count). The normalized spacial score (nSPS) is 15.8. The zero-order valence-electron chi connectivity index (χ0n) is 10.3. The van der Waals surface area contributed by atoms with Crippen molar-refractivity contribution in [3.63, 3.8) is 0 Å². The van der Waals surface area contributed by atoms with Crippen molar-refractivity contribution in [2.45, 2.75) is 11.3 Å². The van der Waals surface area contributed by atoms with E-state index in [1.165, 1.54) is 5.56 Å². The Labute approximate surface area is 123 Å². The van der Waals surface area contributed by atoms with E-state index in [0.717, 1.165) is 47.6 Å². The van der Waals surface area contributed by atoms with Gasteiger partial charge in [0, 0.05) is 24.4 Å². The molecule has 1 fully saturated rings. The van der Waals surface area contributed by atoms with E-state index < -0.39 is 0 Å². The molecule has 18 heavy (non-hydrogen) atoms. The maximum absolute atomic E-state index is 6.20. The topological polar surface area (TPSA) is 12.5 Å². The van der Waals surface area contributed by atoms with Gasteiger partial charge in [0.15, 0.2) is 0 Å². The molecule has 1 aromatic carbocycles. The largest absolute Gasteiger partial charge is 0.378 e. The summed E-state index contributed by atoms with van der Waals surface area (Å²) in [6.45, 7) is 3.34. The number of ether oxygens (including phenoxy) is 1. The Bertz CT molecular complexity index is 433. The number of hydrogen-bond acceptors (Lipinski definition) is 3.